The third-order valence-corrected chi connectivity index (χ3v) is 5.17. The lowest BCUT2D eigenvalue weighted by atomic mass is 10.1. The van der Waals surface area contributed by atoms with Gasteiger partial charge in [0.05, 0.1) is 12.1 Å². The molecule has 25 heavy (non-hydrogen) atoms. The van der Waals surface area contributed by atoms with Crippen LogP contribution in [0.1, 0.15) is 26.7 Å². The van der Waals surface area contributed by atoms with Crippen molar-refractivity contribution in [3.05, 3.63) is 30.3 Å². The van der Waals surface area contributed by atoms with Crippen LogP contribution in [0, 0.1) is 0 Å². The molecule has 0 bridgehead atoms. The zero-order chi connectivity index (χ0) is 17.8. The van der Waals surface area contributed by atoms with Gasteiger partial charge in [-0.05, 0) is 38.8 Å². The molecule has 1 aromatic carbocycles. The molecule has 2 atom stereocenters. The molecular weight excluding hydrogens is 316 g/mol. The van der Waals surface area contributed by atoms with Gasteiger partial charge >= 0.3 is 0 Å². The molecule has 1 aliphatic carbocycles. The highest BCUT2D eigenvalue weighted by Gasteiger charge is 2.31. The number of benzene rings is 1. The minimum absolute atomic E-state index is 0.0131. The summed E-state index contributed by atoms with van der Waals surface area (Å²) in [4.78, 5) is 29.0. The first-order valence-corrected chi connectivity index (χ1v) is 9.19. The van der Waals surface area contributed by atoms with Gasteiger partial charge in [-0.25, -0.2) is 0 Å². The molecule has 136 valence electrons. The molecule has 1 aliphatic heterocycles. The number of hydrogen-bond acceptors (Lipinski definition) is 4. The first kappa shape index (κ1) is 17.9. The van der Waals surface area contributed by atoms with E-state index in [0.29, 0.717) is 6.04 Å². The number of anilines is 1. The third-order valence-electron chi connectivity index (χ3n) is 5.17. The van der Waals surface area contributed by atoms with E-state index < -0.39 is 0 Å². The Labute approximate surface area is 149 Å². The fourth-order valence-electron chi connectivity index (χ4n) is 3.16. The molecule has 2 unspecified atom stereocenters. The van der Waals surface area contributed by atoms with Gasteiger partial charge < -0.3 is 10.6 Å². The Balaban J connectivity index is 1.46. The van der Waals surface area contributed by atoms with Crippen LogP contribution in [0.15, 0.2) is 30.3 Å². The summed E-state index contributed by atoms with van der Waals surface area (Å²) in [5, 5.41) is 6.03. The zero-order valence-electron chi connectivity index (χ0n) is 15.1. The molecule has 3 rings (SSSR count). The van der Waals surface area contributed by atoms with Crippen LogP contribution in [0.5, 0.6) is 0 Å². The van der Waals surface area contributed by atoms with Crippen molar-refractivity contribution in [1.29, 1.82) is 0 Å². The molecule has 2 amide bonds. The maximum absolute atomic E-state index is 12.4. The maximum Gasteiger partial charge on any atom is 0.241 e. The van der Waals surface area contributed by atoms with Gasteiger partial charge in [-0.15, -0.1) is 0 Å². The summed E-state index contributed by atoms with van der Waals surface area (Å²) < 4.78 is 0. The lowest BCUT2D eigenvalue weighted by Crippen LogP contribution is -2.57. The van der Waals surface area contributed by atoms with E-state index in [1.54, 1.807) is 0 Å². The topological polar surface area (TPSA) is 64.7 Å². The molecule has 1 saturated carbocycles. The van der Waals surface area contributed by atoms with Gasteiger partial charge in [-0.1, -0.05) is 18.2 Å². The number of hydrogen-bond donors (Lipinski definition) is 2. The third kappa shape index (κ3) is 4.80. The molecular formula is C19H28N4O2. The standard InChI is InChI=1S/C19H28N4O2/c1-14(18(24)20-16-6-4-3-5-7-16)22-10-12-23(13-11-22)15(2)19(25)21-17-8-9-17/h3-7,14-15,17H,8-13H2,1-2H3,(H,20,24)(H,21,25). The lowest BCUT2D eigenvalue weighted by Gasteiger charge is -2.39. The Hall–Kier alpha value is -1.92. The fraction of sp³-hybridized carbons (Fsp3) is 0.579. The molecule has 6 heteroatoms. The average molecular weight is 344 g/mol. The molecule has 1 aromatic rings. The van der Waals surface area contributed by atoms with Crippen LogP contribution in [0.2, 0.25) is 0 Å². The summed E-state index contributed by atoms with van der Waals surface area (Å²) in [5.41, 5.74) is 0.823. The van der Waals surface area contributed by atoms with Crippen molar-refractivity contribution >= 4 is 17.5 Å². The molecule has 6 nitrogen and oxygen atoms in total. The Morgan fingerprint density at radius 2 is 1.44 bits per heavy atom. The Morgan fingerprint density at radius 1 is 0.920 bits per heavy atom. The van der Waals surface area contributed by atoms with Crippen molar-refractivity contribution in [3.8, 4) is 0 Å². The van der Waals surface area contributed by atoms with Crippen molar-refractivity contribution in [2.75, 3.05) is 31.5 Å². The van der Waals surface area contributed by atoms with E-state index in [4.69, 9.17) is 0 Å². The van der Waals surface area contributed by atoms with Gasteiger partial charge in [-0.3, -0.25) is 19.4 Å². The van der Waals surface area contributed by atoms with E-state index >= 15 is 0 Å². The highest BCUT2D eigenvalue weighted by atomic mass is 16.2. The molecule has 1 heterocycles. The Morgan fingerprint density at radius 3 is 1.96 bits per heavy atom. The molecule has 0 spiro atoms. The monoisotopic (exact) mass is 344 g/mol. The van der Waals surface area contributed by atoms with Crippen molar-refractivity contribution in [2.24, 2.45) is 0 Å². The first-order valence-electron chi connectivity index (χ1n) is 9.19. The molecule has 0 aromatic heterocycles. The Kier molecular flexibility index (Phi) is 5.71. The van der Waals surface area contributed by atoms with E-state index in [0.717, 1.165) is 44.7 Å². The number of piperazine rings is 1. The predicted molar refractivity (Wildman–Crippen MR) is 98.3 cm³/mol. The van der Waals surface area contributed by atoms with Gasteiger partial charge in [0.2, 0.25) is 11.8 Å². The number of nitrogens with zero attached hydrogens (tertiary/aromatic N) is 2. The SMILES string of the molecule is CC(C(=O)Nc1ccccc1)N1CCN(C(C)C(=O)NC2CC2)CC1. The summed E-state index contributed by atoms with van der Waals surface area (Å²) in [6.45, 7) is 7.12. The number of rotatable bonds is 6. The van der Waals surface area contributed by atoms with Crippen LogP contribution in [0.4, 0.5) is 5.69 Å². The smallest absolute Gasteiger partial charge is 0.241 e. The molecule has 2 N–H and O–H groups in total. The normalized spacial score (nSPS) is 21.4. The highest BCUT2D eigenvalue weighted by molar-refractivity contribution is 5.94. The molecule has 1 saturated heterocycles. The summed E-state index contributed by atoms with van der Waals surface area (Å²) >= 11 is 0. The molecule has 0 radical (unpaired) electrons. The van der Waals surface area contributed by atoms with Gasteiger partial charge in [0.25, 0.3) is 0 Å². The number of nitrogens with one attached hydrogen (secondary N) is 2. The Bertz CT molecular complexity index is 595. The minimum atomic E-state index is -0.182. The van der Waals surface area contributed by atoms with Crippen LogP contribution in [-0.2, 0) is 9.59 Å². The van der Waals surface area contributed by atoms with Crippen molar-refractivity contribution in [1.82, 2.24) is 15.1 Å². The van der Waals surface area contributed by atoms with Crippen LogP contribution in [-0.4, -0.2) is 65.9 Å². The minimum Gasteiger partial charge on any atom is -0.352 e. The molecule has 2 aliphatic rings. The van der Waals surface area contributed by atoms with Crippen molar-refractivity contribution in [2.45, 2.75) is 44.8 Å². The second kappa shape index (κ2) is 7.97. The van der Waals surface area contributed by atoms with Gasteiger partial charge in [0.1, 0.15) is 0 Å². The first-order chi connectivity index (χ1) is 12.0. The zero-order valence-corrected chi connectivity index (χ0v) is 15.1. The van der Waals surface area contributed by atoms with E-state index in [1.807, 2.05) is 44.2 Å². The molecule has 2 fully saturated rings. The van der Waals surface area contributed by atoms with Crippen LogP contribution >= 0.6 is 0 Å². The van der Waals surface area contributed by atoms with Crippen LogP contribution < -0.4 is 10.6 Å². The average Bonchev–Trinajstić information content (AvgIpc) is 3.45. The quantitative estimate of drug-likeness (QED) is 0.816. The fourth-order valence-corrected chi connectivity index (χ4v) is 3.16. The lowest BCUT2D eigenvalue weighted by molar-refractivity contribution is -0.128. The second-order valence-electron chi connectivity index (χ2n) is 7.06. The van der Waals surface area contributed by atoms with Crippen LogP contribution in [0.3, 0.4) is 0 Å². The maximum atomic E-state index is 12.4. The van der Waals surface area contributed by atoms with E-state index in [2.05, 4.69) is 20.4 Å². The summed E-state index contributed by atoms with van der Waals surface area (Å²) in [7, 11) is 0. The van der Waals surface area contributed by atoms with Gasteiger partial charge in [-0.2, -0.15) is 0 Å². The summed E-state index contributed by atoms with van der Waals surface area (Å²) in [5.74, 6) is 0.144. The number of amides is 2. The van der Waals surface area contributed by atoms with Gasteiger partial charge in [0, 0.05) is 37.9 Å². The van der Waals surface area contributed by atoms with E-state index in [-0.39, 0.29) is 23.9 Å². The second-order valence-corrected chi connectivity index (χ2v) is 7.06. The highest BCUT2D eigenvalue weighted by Crippen LogP contribution is 2.19. The van der Waals surface area contributed by atoms with Crippen molar-refractivity contribution in [3.63, 3.8) is 0 Å². The van der Waals surface area contributed by atoms with E-state index in [9.17, 15) is 9.59 Å². The van der Waals surface area contributed by atoms with E-state index in [1.165, 1.54) is 0 Å². The number of carbonyl (C=O) groups excluding carboxylic acids is 2. The van der Waals surface area contributed by atoms with Crippen molar-refractivity contribution < 1.29 is 9.59 Å². The summed E-state index contributed by atoms with van der Waals surface area (Å²) in [6.07, 6.45) is 2.22. The largest absolute Gasteiger partial charge is 0.352 e. The summed E-state index contributed by atoms with van der Waals surface area (Å²) in [6, 6.07) is 9.65. The van der Waals surface area contributed by atoms with Gasteiger partial charge in [0.15, 0.2) is 0 Å². The van der Waals surface area contributed by atoms with Crippen LogP contribution in [0.25, 0.3) is 0 Å². The number of carbonyl (C=O) groups is 2. The number of para-hydroxylation sites is 1. The predicted octanol–water partition coefficient (Wildman–Crippen LogP) is 1.30.